The van der Waals surface area contributed by atoms with Crippen LogP contribution in [-0.4, -0.2) is 26.4 Å². The fraction of sp³-hybridized carbons (Fsp3) is 0.538. The van der Waals surface area contributed by atoms with Crippen LogP contribution in [0.3, 0.4) is 0 Å². The summed E-state index contributed by atoms with van der Waals surface area (Å²) < 4.78 is 10.6. The molecule has 0 atom stereocenters. The lowest BCUT2D eigenvalue weighted by Crippen LogP contribution is -2.45. The maximum atomic E-state index is 5.39. The van der Waals surface area contributed by atoms with Crippen molar-refractivity contribution < 1.29 is 9.47 Å². The molecule has 1 aliphatic rings. The first-order chi connectivity index (χ1) is 7.72. The Bertz CT molecular complexity index is 330. The Hall–Kier alpha value is -1.22. The number of hydrogen-bond acceptors (Lipinski definition) is 3. The van der Waals surface area contributed by atoms with Gasteiger partial charge in [-0.1, -0.05) is 6.92 Å². The van der Waals surface area contributed by atoms with Crippen molar-refractivity contribution in [3.05, 3.63) is 24.3 Å². The first kappa shape index (κ1) is 11.3. The molecule has 1 aromatic rings. The van der Waals surface area contributed by atoms with Crippen LogP contribution in [0.1, 0.15) is 13.8 Å². The molecule has 0 radical (unpaired) electrons. The molecule has 3 nitrogen and oxygen atoms in total. The molecule has 3 heteroatoms. The van der Waals surface area contributed by atoms with Crippen molar-refractivity contribution in [1.82, 2.24) is 0 Å². The minimum absolute atomic E-state index is 0.304. The molecular formula is C13H19NO2. The van der Waals surface area contributed by atoms with Crippen molar-refractivity contribution in [2.75, 3.05) is 31.7 Å². The third kappa shape index (κ3) is 2.67. The topological polar surface area (TPSA) is 30.5 Å². The molecule has 1 N–H and O–H groups in total. The maximum absolute atomic E-state index is 5.39. The largest absolute Gasteiger partial charge is 0.494 e. The Labute approximate surface area is 96.8 Å². The molecule has 2 rings (SSSR count). The van der Waals surface area contributed by atoms with Crippen LogP contribution in [0.2, 0.25) is 0 Å². The summed E-state index contributed by atoms with van der Waals surface area (Å²) in [5.74, 6) is 0.922. The Morgan fingerprint density at radius 1 is 1.31 bits per heavy atom. The molecule has 0 aromatic heterocycles. The monoisotopic (exact) mass is 221 g/mol. The van der Waals surface area contributed by atoms with Gasteiger partial charge in [-0.3, -0.25) is 0 Å². The van der Waals surface area contributed by atoms with Crippen LogP contribution in [-0.2, 0) is 4.74 Å². The SMILES string of the molecule is CCOc1ccc(NCC2(C)COC2)cc1. The summed E-state index contributed by atoms with van der Waals surface area (Å²) in [5, 5.41) is 3.42. The van der Waals surface area contributed by atoms with Crippen molar-refractivity contribution >= 4 is 5.69 Å². The normalized spacial score (nSPS) is 17.6. The number of anilines is 1. The van der Waals surface area contributed by atoms with E-state index in [1.54, 1.807) is 0 Å². The van der Waals surface area contributed by atoms with Gasteiger partial charge < -0.3 is 14.8 Å². The Balaban J connectivity index is 1.85. The molecular weight excluding hydrogens is 202 g/mol. The van der Waals surface area contributed by atoms with Crippen LogP contribution in [0.5, 0.6) is 5.75 Å². The summed E-state index contributed by atoms with van der Waals surface area (Å²) >= 11 is 0. The molecule has 0 spiro atoms. The first-order valence-corrected chi connectivity index (χ1v) is 5.76. The number of nitrogens with one attached hydrogen (secondary N) is 1. The van der Waals surface area contributed by atoms with E-state index in [0.29, 0.717) is 12.0 Å². The molecule has 1 heterocycles. The van der Waals surface area contributed by atoms with Crippen LogP contribution in [0.25, 0.3) is 0 Å². The van der Waals surface area contributed by atoms with Gasteiger partial charge in [0.05, 0.1) is 19.8 Å². The summed E-state index contributed by atoms with van der Waals surface area (Å²) in [7, 11) is 0. The average molecular weight is 221 g/mol. The highest BCUT2D eigenvalue weighted by Crippen LogP contribution is 2.27. The molecule has 1 fully saturated rings. The van der Waals surface area contributed by atoms with Crippen LogP contribution in [0.4, 0.5) is 5.69 Å². The highest BCUT2D eigenvalue weighted by molar-refractivity contribution is 5.46. The third-order valence-electron chi connectivity index (χ3n) is 2.79. The van der Waals surface area contributed by atoms with Crippen LogP contribution < -0.4 is 10.1 Å². The summed E-state index contributed by atoms with van der Waals surface area (Å²) in [6.45, 7) is 7.61. The first-order valence-electron chi connectivity index (χ1n) is 5.76. The molecule has 88 valence electrons. The second-order valence-corrected chi connectivity index (χ2v) is 4.61. The van der Waals surface area contributed by atoms with Gasteiger partial charge in [0.2, 0.25) is 0 Å². The average Bonchev–Trinajstić information content (AvgIpc) is 2.26. The summed E-state index contributed by atoms with van der Waals surface area (Å²) in [6.07, 6.45) is 0. The van der Waals surface area contributed by atoms with E-state index in [-0.39, 0.29) is 0 Å². The van der Waals surface area contributed by atoms with Gasteiger partial charge in [0.15, 0.2) is 0 Å². The fourth-order valence-electron chi connectivity index (χ4n) is 1.70. The third-order valence-corrected chi connectivity index (χ3v) is 2.79. The fourth-order valence-corrected chi connectivity index (χ4v) is 1.70. The highest BCUT2D eigenvalue weighted by Gasteiger charge is 2.32. The van der Waals surface area contributed by atoms with Crippen LogP contribution in [0, 0.1) is 5.41 Å². The van der Waals surface area contributed by atoms with Gasteiger partial charge in [0.25, 0.3) is 0 Å². The Kier molecular flexibility index (Phi) is 3.34. The summed E-state index contributed by atoms with van der Waals surface area (Å²) in [4.78, 5) is 0. The Morgan fingerprint density at radius 3 is 2.50 bits per heavy atom. The van der Waals surface area contributed by atoms with Gasteiger partial charge in [0, 0.05) is 17.6 Å². The van der Waals surface area contributed by atoms with Gasteiger partial charge in [-0.15, -0.1) is 0 Å². The van der Waals surface area contributed by atoms with Crippen molar-refractivity contribution in [1.29, 1.82) is 0 Å². The van der Waals surface area contributed by atoms with E-state index in [1.807, 2.05) is 31.2 Å². The quantitative estimate of drug-likeness (QED) is 0.828. The molecule has 16 heavy (non-hydrogen) atoms. The van der Waals surface area contributed by atoms with Crippen molar-refractivity contribution in [3.63, 3.8) is 0 Å². The molecule has 1 aromatic carbocycles. The second-order valence-electron chi connectivity index (χ2n) is 4.61. The predicted octanol–water partition coefficient (Wildman–Crippen LogP) is 2.53. The van der Waals surface area contributed by atoms with Crippen molar-refractivity contribution in [2.45, 2.75) is 13.8 Å². The zero-order valence-corrected chi connectivity index (χ0v) is 9.95. The van der Waals surface area contributed by atoms with Crippen LogP contribution in [0.15, 0.2) is 24.3 Å². The lowest BCUT2D eigenvalue weighted by Gasteiger charge is -2.38. The van der Waals surface area contributed by atoms with Crippen molar-refractivity contribution in [2.24, 2.45) is 5.41 Å². The smallest absolute Gasteiger partial charge is 0.119 e. The maximum Gasteiger partial charge on any atom is 0.119 e. The highest BCUT2D eigenvalue weighted by atomic mass is 16.5. The lowest BCUT2D eigenvalue weighted by atomic mass is 9.89. The number of rotatable bonds is 5. The second kappa shape index (κ2) is 4.74. The van der Waals surface area contributed by atoms with Gasteiger partial charge in [-0.2, -0.15) is 0 Å². The van der Waals surface area contributed by atoms with Crippen molar-refractivity contribution in [3.8, 4) is 5.75 Å². The Morgan fingerprint density at radius 2 is 2.00 bits per heavy atom. The number of ether oxygens (including phenoxy) is 2. The number of benzene rings is 1. The summed E-state index contributed by atoms with van der Waals surface area (Å²) in [6, 6.07) is 8.08. The minimum atomic E-state index is 0.304. The molecule has 1 aliphatic heterocycles. The standard InChI is InChI=1S/C13H19NO2/c1-3-16-12-6-4-11(5-7-12)14-8-13(2)9-15-10-13/h4-7,14H,3,8-10H2,1-2H3. The van der Waals surface area contributed by atoms with E-state index in [0.717, 1.165) is 31.2 Å². The van der Waals surface area contributed by atoms with Crippen LogP contribution >= 0.6 is 0 Å². The van der Waals surface area contributed by atoms with Gasteiger partial charge in [0.1, 0.15) is 5.75 Å². The van der Waals surface area contributed by atoms with E-state index in [1.165, 1.54) is 0 Å². The summed E-state index contributed by atoms with van der Waals surface area (Å²) in [5.41, 5.74) is 1.44. The van der Waals surface area contributed by atoms with Gasteiger partial charge in [-0.05, 0) is 31.2 Å². The van der Waals surface area contributed by atoms with E-state index in [2.05, 4.69) is 12.2 Å². The van der Waals surface area contributed by atoms with Gasteiger partial charge >= 0.3 is 0 Å². The molecule has 0 unspecified atom stereocenters. The minimum Gasteiger partial charge on any atom is -0.494 e. The number of hydrogen-bond donors (Lipinski definition) is 1. The molecule has 1 saturated heterocycles. The lowest BCUT2D eigenvalue weighted by molar-refractivity contribution is -0.0924. The zero-order chi connectivity index (χ0) is 11.4. The zero-order valence-electron chi connectivity index (χ0n) is 9.95. The van der Waals surface area contributed by atoms with E-state index in [4.69, 9.17) is 9.47 Å². The van der Waals surface area contributed by atoms with Gasteiger partial charge in [-0.25, -0.2) is 0 Å². The molecule has 0 saturated carbocycles. The van der Waals surface area contributed by atoms with E-state index in [9.17, 15) is 0 Å². The van der Waals surface area contributed by atoms with E-state index < -0.39 is 0 Å². The molecule has 0 aliphatic carbocycles. The van der Waals surface area contributed by atoms with E-state index >= 15 is 0 Å². The molecule has 0 bridgehead atoms. The molecule has 0 amide bonds. The predicted molar refractivity (Wildman–Crippen MR) is 65.0 cm³/mol.